The second-order valence-electron chi connectivity index (χ2n) is 8.46. The SMILES string of the molecule is C=C(C)CN1C(=O)[C@]2(N[C@H](C)[C@@H]3C(=O)N(c4ccccc4)C(=O)[C@H]32)c2ccccc21. The summed E-state index contributed by atoms with van der Waals surface area (Å²) in [7, 11) is 0. The molecule has 3 amide bonds. The number of rotatable bonds is 3. The summed E-state index contributed by atoms with van der Waals surface area (Å²) in [6.45, 7) is 8.08. The lowest BCUT2D eigenvalue weighted by Gasteiger charge is -2.30. The average molecular weight is 401 g/mol. The van der Waals surface area contributed by atoms with Crippen molar-refractivity contribution in [1.82, 2.24) is 5.32 Å². The summed E-state index contributed by atoms with van der Waals surface area (Å²) in [5.74, 6) is -2.16. The van der Waals surface area contributed by atoms with Crippen molar-refractivity contribution in [3.05, 3.63) is 72.3 Å². The molecule has 4 atom stereocenters. The van der Waals surface area contributed by atoms with Crippen LogP contribution in [0.25, 0.3) is 0 Å². The topological polar surface area (TPSA) is 69.7 Å². The first-order valence-electron chi connectivity index (χ1n) is 10.1. The molecule has 3 heterocycles. The lowest BCUT2D eigenvalue weighted by Crippen LogP contribution is -2.55. The highest BCUT2D eigenvalue weighted by Gasteiger charge is 2.71. The number of nitrogens with zero attached hydrogens (tertiary/aromatic N) is 2. The van der Waals surface area contributed by atoms with Crippen LogP contribution in [0.1, 0.15) is 19.4 Å². The molecule has 3 aliphatic rings. The molecule has 5 rings (SSSR count). The van der Waals surface area contributed by atoms with Crippen LogP contribution in [0.15, 0.2) is 66.7 Å². The number of nitrogens with one attached hydrogen (secondary N) is 1. The van der Waals surface area contributed by atoms with Crippen LogP contribution in [-0.2, 0) is 19.9 Å². The summed E-state index contributed by atoms with van der Waals surface area (Å²) >= 11 is 0. The summed E-state index contributed by atoms with van der Waals surface area (Å²) in [6, 6.07) is 16.1. The van der Waals surface area contributed by atoms with Gasteiger partial charge in [0.05, 0.1) is 17.5 Å². The molecular weight excluding hydrogens is 378 g/mol. The van der Waals surface area contributed by atoms with Crippen LogP contribution in [-0.4, -0.2) is 30.3 Å². The molecule has 0 bridgehead atoms. The van der Waals surface area contributed by atoms with E-state index < -0.39 is 17.4 Å². The smallest absolute Gasteiger partial charge is 0.253 e. The van der Waals surface area contributed by atoms with Gasteiger partial charge in [-0.2, -0.15) is 0 Å². The van der Waals surface area contributed by atoms with Crippen LogP contribution in [0, 0.1) is 11.8 Å². The fourth-order valence-corrected chi connectivity index (χ4v) is 5.37. The third-order valence-corrected chi connectivity index (χ3v) is 6.46. The number of anilines is 2. The van der Waals surface area contributed by atoms with Gasteiger partial charge in [-0.05, 0) is 32.0 Å². The van der Waals surface area contributed by atoms with E-state index in [4.69, 9.17) is 0 Å². The van der Waals surface area contributed by atoms with Gasteiger partial charge < -0.3 is 4.90 Å². The van der Waals surface area contributed by atoms with Gasteiger partial charge in [-0.1, -0.05) is 48.6 Å². The summed E-state index contributed by atoms with van der Waals surface area (Å²) < 4.78 is 0. The highest BCUT2D eigenvalue weighted by Crippen LogP contribution is 2.55. The Labute approximate surface area is 175 Å². The maximum atomic E-state index is 13.8. The Bertz CT molecular complexity index is 1100. The maximum absolute atomic E-state index is 13.8. The summed E-state index contributed by atoms with van der Waals surface area (Å²) in [5.41, 5.74) is 1.67. The van der Waals surface area contributed by atoms with Crippen LogP contribution < -0.4 is 15.1 Å². The van der Waals surface area contributed by atoms with Gasteiger partial charge in [-0.15, -0.1) is 0 Å². The van der Waals surface area contributed by atoms with Gasteiger partial charge in [0.15, 0.2) is 0 Å². The fourth-order valence-electron chi connectivity index (χ4n) is 5.37. The van der Waals surface area contributed by atoms with E-state index in [1.165, 1.54) is 4.90 Å². The van der Waals surface area contributed by atoms with Crippen molar-refractivity contribution < 1.29 is 14.4 Å². The zero-order chi connectivity index (χ0) is 21.2. The normalized spacial score (nSPS) is 29.7. The lowest BCUT2D eigenvalue weighted by molar-refractivity contribution is -0.132. The van der Waals surface area contributed by atoms with Crippen LogP contribution >= 0.6 is 0 Å². The van der Waals surface area contributed by atoms with Crippen LogP contribution in [0.3, 0.4) is 0 Å². The van der Waals surface area contributed by atoms with Gasteiger partial charge >= 0.3 is 0 Å². The van der Waals surface area contributed by atoms with Gasteiger partial charge in [0.2, 0.25) is 11.8 Å². The van der Waals surface area contributed by atoms with Crippen molar-refractivity contribution >= 4 is 29.1 Å². The molecule has 0 unspecified atom stereocenters. The van der Waals surface area contributed by atoms with E-state index in [-0.39, 0.29) is 23.8 Å². The number of benzene rings is 2. The molecule has 0 radical (unpaired) electrons. The molecule has 6 heteroatoms. The molecule has 2 saturated heterocycles. The Balaban J connectivity index is 1.67. The van der Waals surface area contributed by atoms with Crippen molar-refractivity contribution in [2.75, 3.05) is 16.3 Å². The highest BCUT2D eigenvalue weighted by atomic mass is 16.2. The fraction of sp³-hybridized carbons (Fsp3) is 0.292. The van der Waals surface area contributed by atoms with E-state index >= 15 is 0 Å². The Morgan fingerprint density at radius 2 is 1.70 bits per heavy atom. The molecule has 3 aliphatic heterocycles. The Morgan fingerprint density at radius 1 is 1.03 bits per heavy atom. The first-order chi connectivity index (χ1) is 14.4. The van der Waals surface area contributed by atoms with Crippen molar-refractivity contribution in [3.63, 3.8) is 0 Å². The molecule has 0 saturated carbocycles. The molecule has 0 aromatic heterocycles. The quantitative estimate of drug-likeness (QED) is 0.634. The molecule has 2 fully saturated rings. The van der Waals surface area contributed by atoms with E-state index in [2.05, 4.69) is 11.9 Å². The van der Waals surface area contributed by atoms with Crippen molar-refractivity contribution in [2.45, 2.75) is 25.4 Å². The van der Waals surface area contributed by atoms with Crippen molar-refractivity contribution in [3.8, 4) is 0 Å². The van der Waals surface area contributed by atoms with Crippen LogP contribution in [0.5, 0.6) is 0 Å². The predicted molar refractivity (Wildman–Crippen MR) is 114 cm³/mol. The summed E-state index contributed by atoms with van der Waals surface area (Å²) in [4.78, 5) is 43.8. The Hall–Kier alpha value is -3.25. The first-order valence-corrected chi connectivity index (χ1v) is 10.1. The minimum Gasteiger partial charge on any atom is -0.306 e. The molecule has 2 aromatic carbocycles. The summed E-state index contributed by atoms with van der Waals surface area (Å²) in [6.07, 6.45) is 0. The van der Waals surface area contributed by atoms with Crippen molar-refractivity contribution in [1.29, 1.82) is 0 Å². The van der Waals surface area contributed by atoms with Gasteiger partial charge in [0, 0.05) is 23.8 Å². The number of imide groups is 1. The molecule has 30 heavy (non-hydrogen) atoms. The minimum absolute atomic E-state index is 0.192. The number of hydrogen-bond donors (Lipinski definition) is 1. The molecular formula is C24H23N3O3. The number of carbonyl (C=O) groups is 3. The van der Waals surface area contributed by atoms with E-state index in [1.807, 2.05) is 44.2 Å². The average Bonchev–Trinajstić information content (AvgIpc) is 3.27. The van der Waals surface area contributed by atoms with E-state index in [1.54, 1.807) is 29.2 Å². The second-order valence-corrected chi connectivity index (χ2v) is 8.46. The van der Waals surface area contributed by atoms with Crippen LogP contribution in [0.2, 0.25) is 0 Å². The number of fused-ring (bicyclic) bond motifs is 4. The van der Waals surface area contributed by atoms with Gasteiger partial charge in [-0.3, -0.25) is 19.7 Å². The molecule has 2 aromatic rings. The van der Waals surface area contributed by atoms with Gasteiger partial charge in [-0.25, -0.2) is 4.90 Å². The van der Waals surface area contributed by atoms with Gasteiger partial charge in [0.1, 0.15) is 5.54 Å². The molecule has 1 spiro atoms. The van der Waals surface area contributed by atoms with Crippen LogP contribution in [0.4, 0.5) is 11.4 Å². The number of hydrogen-bond acceptors (Lipinski definition) is 4. The molecule has 1 N–H and O–H groups in total. The van der Waals surface area contributed by atoms with E-state index in [0.29, 0.717) is 12.2 Å². The standard InChI is InChI=1S/C24H23N3O3/c1-14(2)13-26-18-12-8-7-11-17(18)24(23(26)30)20-19(15(3)25-24)21(28)27(22(20)29)16-9-5-4-6-10-16/h4-12,15,19-20,25H,1,13H2,2-3H3/t15-,19+,20+,24+/m1/s1. The minimum atomic E-state index is -1.24. The number of carbonyl (C=O) groups excluding carboxylic acids is 3. The Kier molecular flexibility index (Phi) is 3.98. The molecule has 0 aliphatic carbocycles. The molecule has 152 valence electrons. The third-order valence-electron chi connectivity index (χ3n) is 6.46. The summed E-state index contributed by atoms with van der Waals surface area (Å²) in [5, 5.41) is 3.38. The lowest BCUT2D eigenvalue weighted by atomic mass is 9.76. The zero-order valence-corrected chi connectivity index (χ0v) is 17.0. The number of para-hydroxylation sites is 2. The third kappa shape index (κ3) is 2.25. The van der Waals surface area contributed by atoms with E-state index in [0.717, 1.165) is 16.8 Å². The first kappa shape index (κ1) is 18.8. The second kappa shape index (κ2) is 6.37. The molecule has 6 nitrogen and oxygen atoms in total. The largest absolute Gasteiger partial charge is 0.306 e. The maximum Gasteiger partial charge on any atom is 0.253 e. The van der Waals surface area contributed by atoms with Crippen molar-refractivity contribution in [2.24, 2.45) is 11.8 Å². The predicted octanol–water partition coefficient (Wildman–Crippen LogP) is 2.60. The van der Waals surface area contributed by atoms with Gasteiger partial charge in [0.25, 0.3) is 5.91 Å². The highest BCUT2D eigenvalue weighted by molar-refractivity contribution is 6.26. The number of amides is 3. The monoisotopic (exact) mass is 401 g/mol. The Morgan fingerprint density at radius 3 is 2.40 bits per heavy atom. The zero-order valence-electron chi connectivity index (χ0n) is 17.0. The van der Waals surface area contributed by atoms with E-state index in [9.17, 15) is 14.4 Å².